The van der Waals surface area contributed by atoms with Crippen LogP contribution >= 0.6 is 23.4 Å². The fourth-order valence-corrected chi connectivity index (χ4v) is 3.58. The number of nitrogens with zero attached hydrogens (tertiary/aromatic N) is 3. The molecular formula is C18H17ClN4OS. The van der Waals surface area contributed by atoms with Crippen LogP contribution in [0.15, 0.2) is 59.8 Å². The second kappa shape index (κ2) is 8.18. The number of anilines is 1. The van der Waals surface area contributed by atoms with Crippen molar-refractivity contribution in [3.8, 4) is 0 Å². The Kier molecular flexibility index (Phi) is 5.73. The summed E-state index contributed by atoms with van der Waals surface area (Å²) in [4.78, 5) is 12.3. The Labute approximate surface area is 155 Å². The van der Waals surface area contributed by atoms with Crippen LogP contribution < -0.4 is 5.32 Å². The van der Waals surface area contributed by atoms with E-state index in [0.717, 1.165) is 15.7 Å². The number of thioether (sulfide) groups is 1. The molecule has 0 bridgehead atoms. The van der Waals surface area contributed by atoms with Crippen molar-refractivity contribution in [1.82, 2.24) is 14.8 Å². The zero-order chi connectivity index (χ0) is 17.6. The van der Waals surface area contributed by atoms with Crippen LogP contribution in [0.1, 0.15) is 22.8 Å². The number of aromatic nitrogens is 3. The number of rotatable bonds is 6. The molecule has 0 unspecified atom stereocenters. The lowest BCUT2D eigenvalue weighted by Crippen LogP contribution is -2.16. The van der Waals surface area contributed by atoms with Crippen LogP contribution in [-0.4, -0.2) is 20.7 Å². The number of nitrogens with one attached hydrogen (secondary N) is 1. The lowest BCUT2D eigenvalue weighted by Gasteiger charge is -2.08. The summed E-state index contributed by atoms with van der Waals surface area (Å²) in [7, 11) is 0. The van der Waals surface area contributed by atoms with Gasteiger partial charge >= 0.3 is 0 Å². The fraction of sp³-hybridized carbons (Fsp3) is 0.167. The molecule has 0 spiro atoms. The minimum atomic E-state index is -0.203. The van der Waals surface area contributed by atoms with E-state index < -0.39 is 0 Å². The number of hydrogen-bond acceptors (Lipinski definition) is 4. The van der Waals surface area contributed by atoms with E-state index in [9.17, 15) is 4.79 Å². The summed E-state index contributed by atoms with van der Waals surface area (Å²) >= 11 is 7.73. The third kappa shape index (κ3) is 4.21. The molecule has 0 saturated heterocycles. The molecule has 0 fully saturated rings. The van der Waals surface area contributed by atoms with Crippen LogP contribution in [0.4, 0.5) is 5.95 Å². The highest BCUT2D eigenvalue weighted by Gasteiger charge is 2.15. The van der Waals surface area contributed by atoms with E-state index in [1.54, 1.807) is 12.1 Å². The predicted octanol–water partition coefficient (Wildman–Crippen LogP) is 4.50. The maximum absolute atomic E-state index is 12.3. The van der Waals surface area contributed by atoms with Gasteiger partial charge in [0.15, 0.2) is 5.16 Å². The lowest BCUT2D eigenvalue weighted by atomic mass is 10.2. The van der Waals surface area contributed by atoms with Crippen LogP contribution in [0.25, 0.3) is 0 Å². The second-order valence-electron chi connectivity index (χ2n) is 5.25. The number of amides is 1. The topological polar surface area (TPSA) is 59.8 Å². The molecule has 2 aromatic carbocycles. The van der Waals surface area contributed by atoms with Crippen LogP contribution in [0.5, 0.6) is 0 Å². The highest BCUT2D eigenvalue weighted by Crippen LogP contribution is 2.27. The van der Waals surface area contributed by atoms with Crippen molar-refractivity contribution in [2.24, 2.45) is 0 Å². The molecule has 1 heterocycles. The van der Waals surface area contributed by atoms with Gasteiger partial charge in [0, 0.05) is 22.9 Å². The van der Waals surface area contributed by atoms with Gasteiger partial charge in [-0.2, -0.15) is 0 Å². The van der Waals surface area contributed by atoms with E-state index in [1.807, 2.05) is 54.0 Å². The highest BCUT2D eigenvalue weighted by molar-refractivity contribution is 7.98. The van der Waals surface area contributed by atoms with E-state index in [1.165, 1.54) is 11.8 Å². The molecular weight excluding hydrogens is 356 g/mol. The maximum atomic E-state index is 12.3. The van der Waals surface area contributed by atoms with Crippen molar-refractivity contribution >= 4 is 35.2 Å². The van der Waals surface area contributed by atoms with Gasteiger partial charge in [0.2, 0.25) is 5.95 Å². The first-order valence-electron chi connectivity index (χ1n) is 7.85. The van der Waals surface area contributed by atoms with Crippen molar-refractivity contribution < 1.29 is 4.79 Å². The van der Waals surface area contributed by atoms with Gasteiger partial charge in [0.05, 0.1) is 0 Å². The van der Waals surface area contributed by atoms with Crippen LogP contribution in [0, 0.1) is 0 Å². The largest absolute Gasteiger partial charge is 0.290 e. The minimum absolute atomic E-state index is 0.203. The molecule has 25 heavy (non-hydrogen) atoms. The molecule has 1 aromatic heterocycles. The molecule has 1 N–H and O–H groups in total. The molecule has 0 aliphatic rings. The van der Waals surface area contributed by atoms with E-state index in [-0.39, 0.29) is 5.91 Å². The Morgan fingerprint density at radius 1 is 1.12 bits per heavy atom. The van der Waals surface area contributed by atoms with E-state index in [0.29, 0.717) is 23.8 Å². The average Bonchev–Trinajstić information content (AvgIpc) is 3.03. The molecule has 1 amide bonds. The number of halogens is 1. The summed E-state index contributed by atoms with van der Waals surface area (Å²) in [6, 6.07) is 16.8. The zero-order valence-electron chi connectivity index (χ0n) is 13.6. The molecule has 0 aliphatic carbocycles. The van der Waals surface area contributed by atoms with Crippen molar-refractivity contribution in [3.05, 3.63) is 70.7 Å². The zero-order valence-corrected chi connectivity index (χ0v) is 15.2. The summed E-state index contributed by atoms with van der Waals surface area (Å²) in [5.74, 6) is 0.924. The Morgan fingerprint density at radius 3 is 2.56 bits per heavy atom. The normalized spacial score (nSPS) is 10.6. The summed E-state index contributed by atoms with van der Waals surface area (Å²) in [6.45, 7) is 2.64. The fourth-order valence-electron chi connectivity index (χ4n) is 2.29. The van der Waals surface area contributed by atoms with Gasteiger partial charge in [0.1, 0.15) is 0 Å². The first kappa shape index (κ1) is 17.5. The predicted molar refractivity (Wildman–Crippen MR) is 101 cm³/mol. The molecule has 0 aliphatic heterocycles. The summed E-state index contributed by atoms with van der Waals surface area (Å²) in [6.07, 6.45) is 0. The van der Waals surface area contributed by atoms with Gasteiger partial charge in [-0.1, -0.05) is 59.8 Å². The Balaban J connectivity index is 1.73. The number of benzene rings is 2. The van der Waals surface area contributed by atoms with Gasteiger partial charge in [-0.25, -0.2) is 0 Å². The maximum Gasteiger partial charge on any atom is 0.258 e. The Bertz CT molecular complexity index is 867. The third-order valence-corrected chi connectivity index (χ3v) is 4.99. The number of hydrogen-bond donors (Lipinski definition) is 1. The molecule has 5 nitrogen and oxygen atoms in total. The number of carbonyl (C=O) groups excluding carboxylic acids is 1. The SMILES string of the molecule is CCn1c(NC(=O)c2ccccc2)nnc1SCc1ccccc1Cl. The molecule has 0 atom stereocenters. The smallest absolute Gasteiger partial charge is 0.258 e. The second-order valence-corrected chi connectivity index (χ2v) is 6.60. The summed E-state index contributed by atoms with van der Waals surface area (Å²) in [5, 5.41) is 12.6. The summed E-state index contributed by atoms with van der Waals surface area (Å²) in [5.41, 5.74) is 1.62. The first-order chi connectivity index (χ1) is 12.2. The van der Waals surface area contributed by atoms with Gasteiger partial charge in [-0.05, 0) is 30.7 Å². The van der Waals surface area contributed by atoms with Crippen molar-refractivity contribution in [3.63, 3.8) is 0 Å². The third-order valence-electron chi connectivity index (χ3n) is 3.61. The van der Waals surface area contributed by atoms with Crippen LogP contribution in [0.2, 0.25) is 5.02 Å². The van der Waals surface area contributed by atoms with Crippen LogP contribution in [-0.2, 0) is 12.3 Å². The molecule has 3 aromatic rings. The molecule has 0 radical (unpaired) electrons. The first-order valence-corrected chi connectivity index (χ1v) is 9.21. The molecule has 128 valence electrons. The van der Waals surface area contributed by atoms with Gasteiger partial charge in [-0.3, -0.25) is 14.7 Å². The lowest BCUT2D eigenvalue weighted by molar-refractivity contribution is 0.102. The number of carbonyl (C=O) groups is 1. The van der Waals surface area contributed by atoms with E-state index in [2.05, 4.69) is 15.5 Å². The molecule has 0 saturated carbocycles. The van der Waals surface area contributed by atoms with Crippen molar-refractivity contribution in [2.45, 2.75) is 24.4 Å². The Hall–Kier alpha value is -2.31. The Morgan fingerprint density at radius 2 is 1.84 bits per heavy atom. The quantitative estimate of drug-likeness (QED) is 0.647. The standard InChI is InChI=1S/C18H17ClN4OS/c1-2-23-17(20-16(24)13-8-4-3-5-9-13)21-22-18(23)25-12-14-10-6-7-11-15(14)19/h3-11H,2,12H2,1H3,(H,20,21,24). The highest BCUT2D eigenvalue weighted by atomic mass is 35.5. The average molecular weight is 373 g/mol. The van der Waals surface area contributed by atoms with Crippen molar-refractivity contribution in [2.75, 3.05) is 5.32 Å². The van der Waals surface area contributed by atoms with Crippen LogP contribution in [0.3, 0.4) is 0 Å². The van der Waals surface area contributed by atoms with Gasteiger partial charge < -0.3 is 0 Å². The van der Waals surface area contributed by atoms with Gasteiger partial charge in [0.25, 0.3) is 5.91 Å². The molecule has 3 rings (SSSR count). The monoisotopic (exact) mass is 372 g/mol. The molecule has 7 heteroatoms. The van der Waals surface area contributed by atoms with Crippen molar-refractivity contribution in [1.29, 1.82) is 0 Å². The van der Waals surface area contributed by atoms with E-state index in [4.69, 9.17) is 11.6 Å². The van der Waals surface area contributed by atoms with E-state index >= 15 is 0 Å². The van der Waals surface area contributed by atoms with Gasteiger partial charge in [-0.15, -0.1) is 10.2 Å². The summed E-state index contributed by atoms with van der Waals surface area (Å²) < 4.78 is 1.88. The minimum Gasteiger partial charge on any atom is -0.290 e.